The maximum Gasteiger partial charge on any atom is 0.417 e. The Morgan fingerprint density at radius 2 is 1.71 bits per heavy atom. The number of phenols is 1. The minimum Gasteiger partial charge on any atom is -0.510 e. The third-order valence-corrected chi connectivity index (χ3v) is 9.72. The van der Waals surface area contributed by atoms with Gasteiger partial charge in [0.15, 0.2) is 11.4 Å². The number of nitrogens with zero attached hydrogens (tertiary/aromatic N) is 1. The Bertz CT molecular complexity index is 1710. The van der Waals surface area contributed by atoms with Gasteiger partial charge in [-0.3, -0.25) is 19.3 Å². The molecule has 0 bridgehead atoms. The molecule has 0 heterocycles. The molecular weight excluding hydrogens is 595 g/mol. The van der Waals surface area contributed by atoms with Crippen molar-refractivity contribution in [2.24, 2.45) is 17.6 Å². The number of carbonyl (C=O) groups excluding carboxylic acids is 3. The number of fused-ring (bicyclic) bond motifs is 4. The highest BCUT2D eigenvalue weighted by atomic mass is 19.4. The van der Waals surface area contributed by atoms with E-state index in [0.717, 1.165) is 17.2 Å². The van der Waals surface area contributed by atoms with Gasteiger partial charge in [-0.05, 0) is 74.0 Å². The molecule has 0 spiro atoms. The third kappa shape index (κ3) is 4.55. The summed E-state index contributed by atoms with van der Waals surface area (Å²) in [4.78, 5) is 40.7. The summed E-state index contributed by atoms with van der Waals surface area (Å²) in [5.41, 5.74) is 0.695. The molecule has 0 unspecified atom stereocenters. The normalized spacial score (nSPS) is 26.6. The van der Waals surface area contributed by atoms with Gasteiger partial charge in [-0.1, -0.05) is 24.3 Å². The number of rotatable bonds is 5. The zero-order valence-corrected chi connectivity index (χ0v) is 24.4. The highest BCUT2D eigenvalue weighted by molar-refractivity contribution is 6.24. The SMILES string of the molecule is CN(C)[C@@H]1C(O)=C(C(N)=O)C(=O)[C@@]2(O)C(O)=C3C(=O)c4c(O)cc(CNC5Cc6ccccc6C5)c(C(F)(F)F)c4C[C@H]3C[C@@H]12. The maximum absolute atomic E-state index is 14.8. The molecule has 0 aliphatic heterocycles. The van der Waals surface area contributed by atoms with E-state index in [4.69, 9.17) is 5.73 Å². The number of Topliss-reactive ketones (excluding diaryl/α,β-unsaturated/α-hetero) is 2. The van der Waals surface area contributed by atoms with Crippen molar-refractivity contribution >= 4 is 17.5 Å². The lowest BCUT2D eigenvalue weighted by Crippen LogP contribution is -2.63. The van der Waals surface area contributed by atoms with Crippen LogP contribution in [0.1, 0.15) is 44.6 Å². The number of nitrogens with one attached hydrogen (secondary N) is 1. The molecule has 4 atom stereocenters. The molecule has 0 radical (unpaired) electrons. The number of amides is 1. The summed E-state index contributed by atoms with van der Waals surface area (Å²) in [6.07, 6.45) is -4.45. The number of halogens is 3. The lowest BCUT2D eigenvalue weighted by Gasteiger charge is -2.50. The van der Waals surface area contributed by atoms with Crippen LogP contribution in [0.3, 0.4) is 0 Å². The van der Waals surface area contributed by atoms with Gasteiger partial charge in [0.1, 0.15) is 22.8 Å². The average molecular weight is 628 g/mol. The Kier molecular flexibility index (Phi) is 7.14. The van der Waals surface area contributed by atoms with Gasteiger partial charge in [0, 0.05) is 24.1 Å². The fourth-order valence-electron chi connectivity index (χ4n) is 7.84. The second-order valence-electron chi connectivity index (χ2n) is 12.5. The van der Waals surface area contributed by atoms with Gasteiger partial charge in [0.05, 0.1) is 17.2 Å². The van der Waals surface area contributed by atoms with Gasteiger partial charge in [0.25, 0.3) is 5.91 Å². The Morgan fingerprint density at radius 3 is 2.27 bits per heavy atom. The first kappa shape index (κ1) is 30.8. The number of phenolic OH excluding ortho intramolecular Hbond substituents is 1. The molecule has 45 heavy (non-hydrogen) atoms. The molecule has 0 saturated carbocycles. The molecule has 2 aromatic rings. The number of carbonyl (C=O) groups is 3. The average Bonchev–Trinajstić information content (AvgIpc) is 3.35. The molecule has 0 fully saturated rings. The van der Waals surface area contributed by atoms with Crippen LogP contribution in [-0.4, -0.2) is 74.6 Å². The number of alkyl halides is 3. The van der Waals surface area contributed by atoms with Crippen LogP contribution in [-0.2, 0) is 41.6 Å². The van der Waals surface area contributed by atoms with Gasteiger partial charge in [0.2, 0.25) is 5.78 Å². The lowest BCUT2D eigenvalue weighted by molar-refractivity contribution is -0.148. The second-order valence-corrected chi connectivity index (χ2v) is 12.5. The number of likely N-dealkylation sites (N-methyl/N-ethyl adjacent to an activating group) is 1. The number of hydrogen-bond donors (Lipinski definition) is 6. The fourth-order valence-corrected chi connectivity index (χ4v) is 7.84. The molecule has 2 aromatic carbocycles. The predicted octanol–water partition coefficient (Wildman–Crippen LogP) is 2.40. The highest BCUT2D eigenvalue weighted by Crippen LogP contribution is 2.53. The van der Waals surface area contributed by atoms with Gasteiger partial charge < -0.3 is 31.5 Å². The van der Waals surface area contributed by atoms with Crippen molar-refractivity contribution < 1.29 is 48.0 Å². The fraction of sp³-hybridized carbons (Fsp3) is 0.406. The summed E-state index contributed by atoms with van der Waals surface area (Å²) >= 11 is 0. The number of aromatic hydroxyl groups is 1. The van der Waals surface area contributed by atoms with Gasteiger partial charge in [-0.2, -0.15) is 13.2 Å². The first-order chi connectivity index (χ1) is 21.1. The standard InChI is InChI=1S/C32H32F3N3O7/c1-38(2)25-19-10-15-9-18-22(26(40)21(15)28(42)31(19,45)29(43)23(27(25)41)30(36)44)20(39)11-16(24(18)32(33,34)35)12-37-17-7-13-5-3-4-6-14(13)8-17/h3-6,11,15,17,19,25,37,39,41-42,45H,7-10,12H2,1-2H3,(H2,36,44)/t15-,19-,25-,31-/m0/s1. The first-order valence-electron chi connectivity index (χ1n) is 14.5. The highest BCUT2D eigenvalue weighted by Gasteiger charge is 2.63. The van der Waals surface area contributed by atoms with Crippen LogP contribution >= 0.6 is 0 Å². The monoisotopic (exact) mass is 627 g/mol. The van der Waals surface area contributed by atoms with Gasteiger partial charge in [-0.25, -0.2) is 0 Å². The van der Waals surface area contributed by atoms with E-state index in [-0.39, 0.29) is 24.6 Å². The van der Waals surface area contributed by atoms with E-state index in [1.165, 1.54) is 19.0 Å². The lowest BCUT2D eigenvalue weighted by atomic mass is 9.58. The molecular formula is C32H32F3N3O7. The molecule has 4 aliphatic rings. The summed E-state index contributed by atoms with van der Waals surface area (Å²) < 4.78 is 44.3. The minimum absolute atomic E-state index is 0.136. The van der Waals surface area contributed by atoms with Crippen molar-refractivity contribution in [1.82, 2.24) is 10.2 Å². The summed E-state index contributed by atoms with van der Waals surface area (Å²) in [6.45, 7) is -0.241. The van der Waals surface area contributed by atoms with Crippen molar-refractivity contribution in [1.29, 1.82) is 0 Å². The topological polar surface area (TPSA) is 173 Å². The third-order valence-electron chi connectivity index (χ3n) is 9.72. The van der Waals surface area contributed by atoms with Crippen LogP contribution in [0.25, 0.3) is 0 Å². The number of nitrogens with two attached hydrogens (primary N) is 1. The number of aliphatic hydroxyl groups excluding tert-OH is 2. The van der Waals surface area contributed by atoms with E-state index in [0.29, 0.717) is 12.8 Å². The van der Waals surface area contributed by atoms with Crippen LogP contribution in [0.2, 0.25) is 0 Å². The van der Waals surface area contributed by atoms with E-state index in [2.05, 4.69) is 5.32 Å². The maximum atomic E-state index is 14.8. The smallest absolute Gasteiger partial charge is 0.417 e. The zero-order valence-electron chi connectivity index (χ0n) is 24.4. The van der Waals surface area contributed by atoms with Crippen LogP contribution in [0, 0.1) is 11.8 Å². The molecule has 10 nitrogen and oxygen atoms in total. The number of primary amides is 1. The Labute approximate surface area is 255 Å². The molecule has 7 N–H and O–H groups in total. The molecule has 6 rings (SSSR count). The minimum atomic E-state index is -4.92. The van der Waals surface area contributed by atoms with Crippen molar-refractivity contribution in [2.45, 2.75) is 56.1 Å². The Hall–Kier alpha value is -4.20. The van der Waals surface area contributed by atoms with Crippen LogP contribution in [0.5, 0.6) is 5.75 Å². The van der Waals surface area contributed by atoms with E-state index < -0.39 is 98.7 Å². The molecule has 4 aliphatic carbocycles. The molecule has 238 valence electrons. The quantitative estimate of drug-likeness (QED) is 0.272. The predicted molar refractivity (Wildman–Crippen MR) is 153 cm³/mol. The second kappa shape index (κ2) is 10.4. The van der Waals surface area contributed by atoms with Crippen LogP contribution in [0.15, 0.2) is 53.0 Å². The largest absolute Gasteiger partial charge is 0.510 e. The number of hydrogen-bond acceptors (Lipinski definition) is 9. The van der Waals surface area contributed by atoms with E-state index in [1.54, 1.807) is 0 Å². The molecule has 0 saturated heterocycles. The summed E-state index contributed by atoms with van der Waals surface area (Å²) in [6, 6.07) is 7.21. The van der Waals surface area contributed by atoms with Crippen molar-refractivity contribution in [3.8, 4) is 5.75 Å². The van der Waals surface area contributed by atoms with Crippen LogP contribution in [0.4, 0.5) is 13.2 Å². The van der Waals surface area contributed by atoms with Crippen LogP contribution < -0.4 is 11.1 Å². The number of benzene rings is 2. The van der Waals surface area contributed by atoms with E-state index in [1.807, 2.05) is 24.3 Å². The molecule has 1 amide bonds. The van der Waals surface area contributed by atoms with Gasteiger partial charge in [-0.15, -0.1) is 0 Å². The summed E-state index contributed by atoms with van der Waals surface area (Å²) in [5.74, 6) is -9.07. The molecule has 0 aromatic heterocycles. The Morgan fingerprint density at radius 1 is 1.09 bits per heavy atom. The number of allylic oxidation sites excluding steroid dienone is 1. The van der Waals surface area contributed by atoms with Crippen molar-refractivity contribution in [3.05, 3.63) is 86.4 Å². The van der Waals surface area contributed by atoms with Crippen molar-refractivity contribution in [3.63, 3.8) is 0 Å². The van der Waals surface area contributed by atoms with E-state index >= 15 is 0 Å². The summed E-state index contributed by atoms with van der Waals surface area (Å²) in [5, 5.41) is 48.0. The summed E-state index contributed by atoms with van der Waals surface area (Å²) in [7, 11) is 2.94. The zero-order chi connectivity index (χ0) is 32.7. The van der Waals surface area contributed by atoms with E-state index in [9.17, 15) is 48.0 Å². The first-order valence-corrected chi connectivity index (χ1v) is 14.5. The number of ketones is 2. The van der Waals surface area contributed by atoms with Gasteiger partial charge >= 0.3 is 6.18 Å². The number of aliphatic hydroxyl groups is 3. The molecule has 13 heteroatoms. The van der Waals surface area contributed by atoms with Crippen molar-refractivity contribution in [2.75, 3.05) is 14.1 Å². The Balaban J connectivity index is 1.43.